The van der Waals surface area contributed by atoms with Crippen LogP contribution in [0.4, 0.5) is 19.3 Å². The van der Waals surface area contributed by atoms with Gasteiger partial charge >= 0.3 is 6.09 Å². The smallest absolute Gasteiger partial charge is 0.409 e. The second-order valence-electron chi connectivity index (χ2n) is 4.99. The first-order valence-corrected chi connectivity index (χ1v) is 6.71. The lowest BCUT2D eigenvalue weighted by Gasteiger charge is -2.12. The predicted octanol–water partition coefficient (Wildman–Crippen LogP) is 3.27. The molecule has 1 amide bonds. The number of carbonyl (C=O) groups is 1. The highest BCUT2D eigenvalue weighted by Crippen LogP contribution is 2.32. The van der Waals surface area contributed by atoms with Gasteiger partial charge in [-0.2, -0.15) is 0 Å². The second-order valence-corrected chi connectivity index (χ2v) is 4.99. The molecule has 0 radical (unpaired) electrons. The minimum absolute atomic E-state index is 0.00374. The van der Waals surface area contributed by atoms with Gasteiger partial charge in [0.1, 0.15) is 5.82 Å². The van der Waals surface area contributed by atoms with E-state index in [2.05, 4.69) is 4.98 Å². The molecule has 1 heterocycles. The van der Waals surface area contributed by atoms with Crippen molar-refractivity contribution in [2.75, 3.05) is 5.32 Å². The van der Waals surface area contributed by atoms with E-state index in [4.69, 9.17) is 5.11 Å². The number of hydrogen-bond acceptors (Lipinski definition) is 3. The van der Waals surface area contributed by atoms with Crippen LogP contribution < -0.4 is 10.7 Å². The van der Waals surface area contributed by atoms with E-state index < -0.39 is 28.9 Å². The summed E-state index contributed by atoms with van der Waals surface area (Å²) in [5, 5.41) is 20.1. The van der Waals surface area contributed by atoms with E-state index in [1.54, 1.807) is 0 Å². The molecule has 0 unspecified atom stereocenters. The molecule has 2 aromatic carbocycles. The van der Waals surface area contributed by atoms with Gasteiger partial charge in [0.25, 0.3) is 0 Å². The van der Waals surface area contributed by atoms with E-state index in [-0.39, 0.29) is 27.8 Å². The normalized spacial score (nSPS) is 10.8. The molecule has 8 heteroatoms. The highest BCUT2D eigenvalue weighted by Gasteiger charge is 2.15. The zero-order chi connectivity index (χ0) is 17.4. The van der Waals surface area contributed by atoms with Crippen molar-refractivity contribution < 1.29 is 23.8 Å². The molecule has 0 atom stereocenters. The quantitative estimate of drug-likeness (QED) is 0.578. The van der Waals surface area contributed by atoms with Crippen molar-refractivity contribution in [3.63, 3.8) is 0 Å². The Morgan fingerprint density at radius 2 is 1.88 bits per heavy atom. The number of nitrogens with one attached hydrogen (secondary N) is 2. The molecule has 0 aliphatic carbocycles. The second kappa shape index (κ2) is 5.65. The van der Waals surface area contributed by atoms with Gasteiger partial charge in [-0.25, -0.2) is 13.6 Å². The van der Waals surface area contributed by atoms with Crippen LogP contribution in [-0.4, -0.2) is 21.3 Å². The molecule has 6 nitrogen and oxygen atoms in total. The molecule has 0 saturated heterocycles. The number of phenolic OH excluding ortho intramolecular Hbond substituents is 1. The SMILES string of the molecule is O=C(O)Nc1cc(O)c(F)cc1-c1cc(=O)c2c(F)cccc2[nH]1. The largest absolute Gasteiger partial charge is 0.505 e. The highest BCUT2D eigenvalue weighted by molar-refractivity contribution is 5.91. The summed E-state index contributed by atoms with van der Waals surface area (Å²) in [5.41, 5.74) is -0.539. The van der Waals surface area contributed by atoms with Crippen LogP contribution in [0.25, 0.3) is 22.2 Å². The molecule has 122 valence electrons. The topological polar surface area (TPSA) is 102 Å². The Labute approximate surface area is 133 Å². The summed E-state index contributed by atoms with van der Waals surface area (Å²) in [6.45, 7) is 0. The van der Waals surface area contributed by atoms with Gasteiger partial charge in [0, 0.05) is 17.7 Å². The Kier molecular flexibility index (Phi) is 3.64. The summed E-state index contributed by atoms with van der Waals surface area (Å²) in [6.07, 6.45) is -1.43. The van der Waals surface area contributed by atoms with Gasteiger partial charge in [0.2, 0.25) is 0 Å². The molecular weight excluding hydrogens is 322 g/mol. The van der Waals surface area contributed by atoms with Gasteiger partial charge in [-0.3, -0.25) is 10.1 Å². The van der Waals surface area contributed by atoms with Crippen molar-refractivity contribution in [3.8, 4) is 17.0 Å². The number of rotatable bonds is 2. The van der Waals surface area contributed by atoms with Crippen molar-refractivity contribution in [2.45, 2.75) is 0 Å². The van der Waals surface area contributed by atoms with Crippen molar-refractivity contribution in [2.24, 2.45) is 0 Å². The number of aromatic nitrogens is 1. The molecule has 0 aliphatic heterocycles. The number of anilines is 1. The fourth-order valence-corrected chi connectivity index (χ4v) is 2.41. The number of fused-ring (bicyclic) bond motifs is 1. The summed E-state index contributed by atoms with van der Waals surface area (Å²) < 4.78 is 27.4. The minimum Gasteiger partial charge on any atom is -0.505 e. The number of amides is 1. The molecule has 1 aromatic heterocycles. The Bertz CT molecular complexity index is 1030. The van der Waals surface area contributed by atoms with E-state index in [9.17, 15) is 23.5 Å². The van der Waals surface area contributed by atoms with Crippen LogP contribution in [-0.2, 0) is 0 Å². The van der Waals surface area contributed by atoms with Crippen LogP contribution in [0.1, 0.15) is 0 Å². The third-order valence-electron chi connectivity index (χ3n) is 3.42. The Balaban J connectivity index is 2.29. The van der Waals surface area contributed by atoms with E-state index >= 15 is 0 Å². The Morgan fingerprint density at radius 1 is 1.12 bits per heavy atom. The summed E-state index contributed by atoms with van der Waals surface area (Å²) in [6, 6.07) is 6.78. The number of H-pyrrole nitrogens is 1. The standard InChI is InChI=1S/C16H10F2N2O4/c17-8-2-1-3-10-15(8)14(22)6-11(19-10)7-4-9(18)13(21)5-12(7)20-16(23)24/h1-6,20-21H,(H,19,22)(H,23,24). The molecule has 0 spiro atoms. The number of pyridine rings is 1. The molecule has 4 N–H and O–H groups in total. The minimum atomic E-state index is -1.43. The first-order valence-electron chi connectivity index (χ1n) is 6.71. The van der Waals surface area contributed by atoms with E-state index in [0.717, 1.165) is 24.3 Å². The fourth-order valence-electron chi connectivity index (χ4n) is 2.41. The highest BCUT2D eigenvalue weighted by atomic mass is 19.1. The molecule has 0 aliphatic rings. The van der Waals surface area contributed by atoms with E-state index in [1.807, 2.05) is 5.32 Å². The van der Waals surface area contributed by atoms with Crippen LogP contribution in [0.3, 0.4) is 0 Å². The van der Waals surface area contributed by atoms with Crippen LogP contribution in [0, 0.1) is 11.6 Å². The van der Waals surface area contributed by atoms with Crippen LogP contribution in [0.2, 0.25) is 0 Å². The van der Waals surface area contributed by atoms with Crippen LogP contribution >= 0.6 is 0 Å². The van der Waals surface area contributed by atoms with Crippen LogP contribution in [0.15, 0.2) is 41.2 Å². The monoisotopic (exact) mass is 332 g/mol. The Morgan fingerprint density at radius 3 is 2.58 bits per heavy atom. The zero-order valence-corrected chi connectivity index (χ0v) is 11.9. The third-order valence-corrected chi connectivity index (χ3v) is 3.42. The molecule has 0 saturated carbocycles. The number of carboxylic acid groups (broad SMARTS) is 1. The Hall–Kier alpha value is -3.42. The first kappa shape index (κ1) is 15.5. The maximum Gasteiger partial charge on any atom is 0.409 e. The van der Waals surface area contributed by atoms with Crippen molar-refractivity contribution in [1.82, 2.24) is 4.98 Å². The van der Waals surface area contributed by atoms with Gasteiger partial charge in [-0.15, -0.1) is 0 Å². The summed E-state index contributed by atoms with van der Waals surface area (Å²) in [7, 11) is 0. The first-order chi connectivity index (χ1) is 11.4. The molecular formula is C16H10F2N2O4. The average Bonchev–Trinajstić information content (AvgIpc) is 2.49. The number of aromatic amines is 1. The number of benzene rings is 2. The predicted molar refractivity (Wildman–Crippen MR) is 83.2 cm³/mol. The molecule has 3 rings (SSSR count). The van der Waals surface area contributed by atoms with E-state index in [0.29, 0.717) is 0 Å². The molecule has 24 heavy (non-hydrogen) atoms. The van der Waals surface area contributed by atoms with Gasteiger partial charge in [0.05, 0.1) is 22.3 Å². The number of phenols is 1. The maximum atomic E-state index is 13.7. The third kappa shape index (κ3) is 2.65. The lowest BCUT2D eigenvalue weighted by Crippen LogP contribution is -2.10. The van der Waals surface area contributed by atoms with Crippen LogP contribution in [0.5, 0.6) is 5.75 Å². The summed E-state index contributed by atoms with van der Waals surface area (Å²) >= 11 is 0. The number of aromatic hydroxyl groups is 1. The molecule has 0 fully saturated rings. The van der Waals surface area contributed by atoms with Crippen molar-refractivity contribution in [1.29, 1.82) is 0 Å². The molecule has 0 bridgehead atoms. The molecule has 3 aromatic rings. The number of hydrogen-bond donors (Lipinski definition) is 4. The van der Waals surface area contributed by atoms with E-state index in [1.165, 1.54) is 12.1 Å². The lowest BCUT2D eigenvalue weighted by molar-refractivity contribution is 0.210. The van der Waals surface area contributed by atoms with Gasteiger partial charge in [-0.05, 0) is 18.2 Å². The zero-order valence-electron chi connectivity index (χ0n) is 11.9. The fraction of sp³-hybridized carbons (Fsp3) is 0. The van der Waals surface area contributed by atoms with Gasteiger partial charge in [0.15, 0.2) is 17.0 Å². The number of halogens is 2. The van der Waals surface area contributed by atoms with Gasteiger partial charge < -0.3 is 15.2 Å². The maximum absolute atomic E-state index is 13.7. The van der Waals surface area contributed by atoms with Gasteiger partial charge in [-0.1, -0.05) is 6.07 Å². The summed E-state index contributed by atoms with van der Waals surface area (Å²) in [5.74, 6) is -2.46. The van der Waals surface area contributed by atoms with Crippen molar-refractivity contribution in [3.05, 3.63) is 58.3 Å². The summed E-state index contributed by atoms with van der Waals surface area (Å²) in [4.78, 5) is 25.8. The van der Waals surface area contributed by atoms with Crippen molar-refractivity contribution >= 4 is 22.7 Å². The average molecular weight is 332 g/mol. The lowest BCUT2D eigenvalue weighted by atomic mass is 10.1.